The number of hydrogen-bond acceptors (Lipinski definition) is 3. The van der Waals surface area contributed by atoms with Crippen LogP contribution in [0.2, 0.25) is 0 Å². The van der Waals surface area contributed by atoms with Crippen LogP contribution < -0.4 is 5.32 Å². The van der Waals surface area contributed by atoms with Gasteiger partial charge in [0, 0.05) is 18.5 Å². The standard InChI is InChI=1S/C20H28N2O2/c1-14(19-13-16-9-7-8-12-18(16)24-19)21-15(2)20(23)22(3)17-10-5-4-6-11-17/h7-9,12-15,17,21H,4-6,10-11H2,1-3H3. The topological polar surface area (TPSA) is 45.5 Å². The first-order valence-electron chi connectivity index (χ1n) is 9.07. The normalized spacial score (nSPS) is 18.5. The smallest absolute Gasteiger partial charge is 0.239 e. The molecule has 0 spiro atoms. The van der Waals surface area contributed by atoms with Gasteiger partial charge >= 0.3 is 0 Å². The zero-order valence-electron chi connectivity index (χ0n) is 14.9. The molecule has 0 aliphatic heterocycles. The van der Waals surface area contributed by atoms with Crippen molar-refractivity contribution in [3.8, 4) is 0 Å². The van der Waals surface area contributed by atoms with Crippen molar-refractivity contribution < 1.29 is 9.21 Å². The maximum atomic E-state index is 12.7. The van der Waals surface area contributed by atoms with Crippen molar-refractivity contribution in [1.82, 2.24) is 10.2 Å². The fourth-order valence-corrected chi connectivity index (χ4v) is 3.70. The van der Waals surface area contributed by atoms with E-state index in [-0.39, 0.29) is 18.0 Å². The molecule has 0 radical (unpaired) electrons. The molecule has 1 amide bonds. The summed E-state index contributed by atoms with van der Waals surface area (Å²) < 4.78 is 5.90. The zero-order chi connectivity index (χ0) is 17.1. The summed E-state index contributed by atoms with van der Waals surface area (Å²) in [7, 11) is 1.95. The number of fused-ring (bicyclic) bond motifs is 1. The predicted molar refractivity (Wildman–Crippen MR) is 96.9 cm³/mol. The van der Waals surface area contributed by atoms with Crippen molar-refractivity contribution in [3.05, 3.63) is 36.1 Å². The highest BCUT2D eigenvalue weighted by molar-refractivity contribution is 5.81. The fourth-order valence-electron chi connectivity index (χ4n) is 3.70. The van der Waals surface area contributed by atoms with Crippen molar-refractivity contribution in [2.45, 2.75) is 64.1 Å². The van der Waals surface area contributed by atoms with Crippen molar-refractivity contribution in [2.24, 2.45) is 0 Å². The minimum Gasteiger partial charge on any atom is -0.459 e. The average molecular weight is 328 g/mol. The largest absolute Gasteiger partial charge is 0.459 e. The second-order valence-corrected chi connectivity index (χ2v) is 7.04. The van der Waals surface area contributed by atoms with E-state index in [4.69, 9.17) is 4.42 Å². The van der Waals surface area contributed by atoms with E-state index in [0.717, 1.165) is 29.6 Å². The number of amides is 1. The fraction of sp³-hybridized carbons (Fsp3) is 0.550. The van der Waals surface area contributed by atoms with Gasteiger partial charge in [0.1, 0.15) is 11.3 Å². The Bertz CT molecular complexity index is 655. The van der Waals surface area contributed by atoms with Crippen LogP contribution in [0.15, 0.2) is 34.7 Å². The van der Waals surface area contributed by atoms with E-state index in [2.05, 4.69) is 11.4 Å². The third-order valence-electron chi connectivity index (χ3n) is 5.21. The van der Waals surface area contributed by atoms with E-state index in [9.17, 15) is 4.79 Å². The summed E-state index contributed by atoms with van der Waals surface area (Å²) in [6, 6.07) is 10.2. The van der Waals surface area contributed by atoms with Crippen LogP contribution in [0.4, 0.5) is 0 Å². The summed E-state index contributed by atoms with van der Waals surface area (Å²) in [6.45, 7) is 3.99. The van der Waals surface area contributed by atoms with Gasteiger partial charge in [0.2, 0.25) is 5.91 Å². The molecule has 4 heteroatoms. The molecular formula is C20H28N2O2. The molecule has 1 aromatic carbocycles. The van der Waals surface area contributed by atoms with Crippen LogP contribution in [-0.4, -0.2) is 29.9 Å². The maximum Gasteiger partial charge on any atom is 0.239 e. The van der Waals surface area contributed by atoms with Gasteiger partial charge in [0.15, 0.2) is 0 Å². The van der Waals surface area contributed by atoms with Gasteiger partial charge in [-0.05, 0) is 38.8 Å². The van der Waals surface area contributed by atoms with E-state index < -0.39 is 0 Å². The van der Waals surface area contributed by atoms with Crippen LogP contribution in [0.5, 0.6) is 0 Å². The first kappa shape index (κ1) is 17.0. The monoisotopic (exact) mass is 328 g/mol. The lowest BCUT2D eigenvalue weighted by Crippen LogP contribution is -2.48. The van der Waals surface area contributed by atoms with Gasteiger partial charge < -0.3 is 9.32 Å². The Morgan fingerprint density at radius 3 is 2.62 bits per heavy atom. The average Bonchev–Trinajstić information content (AvgIpc) is 3.05. The van der Waals surface area contributed by atoms with Crippen LogP contribution in [0, 0.1) is 0 Å². The highest BCUT2D eigenvalue weighted by Crippen LogP contribution is 2.25. The highest BCUT2D eigenvalue weighted by atomic mass is 16.3. The van der Waals surface area contributed by atoms with Crippen LogP contribution >= 0.6 is 0 Å². The summed E-state index contributed by atoms with van der Waals surface area (Å²) in [6.07, 6.45) is 6.04. The van der Waals surface area contributed by atoms with E-state index in [1.165, 1.54) is 19.3 Å². The second-order valence-electron chi connectivity index (χ2n) is 7.04. The molecule has 1 aliphatic carbocycles. The Hall–Kier alpha value is -1.81. The molecule has 2 atom stereocenters. The molecule has 4 nitrogen and oxygen atoms in total. The molecule has 1 heterocycles. The number of furan rings is 1. The van der Waals surface area contributed by atoms with E-state index in [1.54, 1.807) is 0 Å². The number of carbonyl (C=O) groups is 1. The number of para-hydroxylation sites is 1. The summed E-state index contributed by atoms with van der Waals surface area (Å²) in [5.74, 6) is 1.04. The lowest BCUT2D eigenvalue weighted by molar-refractivity contribution is -0.134. The minimum atomic E-state index is -0.222. The third-order valence-corrected chi connectivity index (χ3v) is 5.21. The van der Waals surface area contributed by atoms with Gasteiger partial charge in [-0.15, -0.1) is 0 Å². The van der Waals surface area contributed by atoms with Crippen molar-refractivity contribution in [1.29, 1.82) is 0 Å². The number of rotatable bonds is 5. The number of hydrogen-bond donors (Lipinski definition) is 1. The molecular weight excluding hydrogens is 300 g/mol. The number of nitrogens with one attached hydrogen (secondary N) is 1. The molecule has 0 bridgehead atoms. The van der Waals surface area contributed by atoms with Crippen molar-refractivity contribution in [2.75, 3.05) is 7.05 Å². The molecule has 1 saturated carbocycles. The summed E-state index contributed by atoms with van der Waals surface area (Å²) in [4.78, 5) is 14.7. The van der Waals surface area contributed by atoms with Gasteiger partial charge in [0.25, 0.3) is 0 Å². The highest BCUT2D eigenvalue weighted by Gasteiger charge is 2.26. The van der Waals surface area contributed by atoms with Crippen LogP contribution in [0.25, 0.3) is 11.0 Å². The first-order chi connectivity index (χ1) is 11.6. The first-order valence-corrected chi connectivity index (χ1v) is 9.07. The molecule has 3 rings (SSSR count). The van der Waals surface area contributed by atoms with E-state index >= 15 is 0 Å². The molecule has 2 aromatic rings. The van der Waals surface area contributed by atoms with Crippen LogP contribution in [-0.2, 0) is 4.79 Å². The number of likely N-dealkylation sites (N-methyl/N-ethyl adjacent to an activating group) is 1. The van der Waals surface area contributed by atoms with Crippen LogP contribution in [0.1, 0.15) is 57.8 Å². The van der Waals surface area contributed by atoms with Crippen molar-refractivity contribution >= 4 is 16.9 Å². The second kappa shape index (κ2) is 7.39. The Morgan fingerprint density at radius 2 is 1.92 bits per heavy atom. The Balaban J connectivity index is 1.62. The molecule has 1 fully saturated rings. The summed E-state index contributed by atoms with van der Waals surface area (Å²) in [5, 5.41) is 4.49. The van der Waals surface area contributed by atoms with E-state index in [1.807, 2.05) is 50.1 Å². The molecule has 1 N–H and O–H groups in total. The summed E-state index contributed by atoms with van der Waals surface area (Å²) >= 11 is 0. The van der Waals surface area contributed by atoms with Gasteiger partial charge in [0.05, 0.1) is 12.1 Å². The van der Waals surface area contributed by atoms with Crippen LogP contribution in [0.3, 0.4) is 0 Å². The molecule has 1 aromatic heterocycles. The quantitative estimate of drug-likeness (QED) is 0.892. The van der Waals surface area contributed by atoms with Gasteiger partial charge in [-0.2, -0.15) is 0 Å². The van der Waals surface area contributed by atoms with Gasteiger partial charge in [-0.1, -0.05) is 37.5 Å². The molecule has 130 valence electrons. The predicted octanol–water partition coefficient (Wildman–Crippen LogP) is 4.26. The third kappa shape index (κ3) is 3.64. The molecule has 0 saturated heterocycles. The maximum absolute atomic E-state index is 12.7. The Labute approximate surface area is 144 Å². The van der Waals surface area contributed by atoms with Gasteiger partial charge in [-0.3, -0.25) is 10.1 Å². The molecule has 24 heavy (non-hydrogen) atoms. The summed E-state index contributed by atoms with van der Waals surface area (Å²) in [5.41, 5.74) is 0.888. The Kier molecular flexibility index (Phi) is 5.24. The van der Waals surface area contributed by atoms with Crippen molar-refractivity contribution in [3.63, 3.8) is 0 Å². The zero-order valence-corrected chi connectivity index (χ0v) is 14.9. The molecule has 2 unspecified atom stereocenters. The Morgan fingerprint density at radius 1 is 1.21 bits per heavy atom. The molecule has 1 aliphatic rings. The number of carbonyl (C=O) groups excluding carboxylic acids is 1. The lowest BCUT2D eigenvalue weighted by atomic mass is 9.94. The lowest BCUT2D eigenvalue weighted by Gasteiger charge is -2.33. The number of benzene rings is 1. The SMILES string of the molecule is CC(NC(C)c1cc2ccccc2o1)C(=O)N(C)C1CCCCC1. The number of nitrogens with zero attached hydrogens (tertiary/aromatic N) is 1. The van der Waals surface area contributed by atoms with E-state index in [0.29, 0.717) is 6.04 Å². The minimum absolute atomic E-state index is 0.00361. The van der Waals surface area contributed by atoms with Gasteiger partial charge in [-0.25, -0.2) is 0 Å².